The minimum atomic E-state index is -0.921. The van der Waals surface area contributed by atoms with Crippen molar-refractivity contribution in [3.63, 3.8) is 0 Å². The van der Waals surface area contributed by atoms with Crippen molar-refractivity contribution in [1.29, 1.82) is 0 Å². The molecule has 100 valence electrons. The first-order valence-electron chi connectivity index (χ1n) is 6.27. The third-order valence-electron chi connectivity index (χ3n) is 2.97. The number of thioether (sulfide) groups is 1. The molecule has 0 fully saturated rings. The van der Waals surface area contributed by atoms with E-state index in [-0.39, 0.29) is 0 Å². The second-order valence-corrected chi connectivity index (χ2v) is 5.61. The van der Waals surface area contributed by atoms with Gasteiger partial charge in [-0.3, -0.25) is 4.79 Å². The van der Waals surface area contributed by atoms with Crippen molar-refractivity contribution in [2.24, 2.45) is 5.73 Å². The van der Waals surface area contributed by atoms with E-state index in [0.717, 1.165) is 12.2 Å². The number of hydrogen-bond acceptors (Lipinski definition) is 3. The van der Waals surface area contributed by atoms with E-state index < -0.39 is 12.0 Å². The van der Waals surface area contributed by atoms with Crippen LogP contribution in [0.1, 0.15) is 12.8 Å². The first-order chi connectivity index (χ1) is 9.16. The Balaban J connectivity index is 1.86. The summed E-state index contributed by atoms with van der Waals surface area (Å²) in [5.74, 6) is -0.0324. The topological polar surface area (TPSA) is 63.3 Å². The molecule has 0 aliphatic heterocycles. The van der Waals surface area contributed by atoms with Gasteiger partial charge in [-0.25, -0.2) is 0 Å². The molecular formula is C15H17NO2S. The number of nitrogens with two attached hydrogens (primary N) is 1. The number of carbonyl (C=O) groups is 1. The maximum Gasteiger partial charge on any atom is 0.320 e. The van der Waals surface area contributed by atoms with Crippen molar-refractivity contribution in [2.75, 3.05) is 5.75 Å². The highest BCUT2D eigenvalue weighted by Gasteiger charge is 2.10. The normalized spacial score (nSPS) is 12.5. The van der Waals surface area contributed by atoms with Gasteiger partial charge >= 0.3 is 5.97 Å². The van der Waals surface area contributed by atoms with Crippen LogP contribution in [-0.2, 0) is 4.79 Å². The van der Waals surface area contributed by atoms with Crippen molar-refractivity contribution in [1.82, 2.24) is 0 Å². The Hall–Kier alpha value is -1.52. The summed E-state index contributed by atoms with van der Waals surface area (Å²) in [5.41, 5.74) is 5.46. The van der Waals surface area contributed by atoms with E-state index in [2.05, 4.69) is 30.3 Å². The first-order valence-corrected chi connectivity index (χ1v) is 7.25. The molecule has 4 heteroatoms. The Bertz CT molecular complexity index is 571. The van der Waals surface area contributed by atoms with Gasteiger partial charge in [0.05, 0.1) is 0 Å². The van der Waals surface area contributed by atoms with E-state index in [0.29, 0.717) is 6.42 Å². The molecule has 0 spiro atoms. The SMILES string of the molecule is NC(CCCSc1ccc2ccccc2c1)C(=O)O. The number of benzene rings is 2. The average Bonchev–Trinajstić information content (AvgIpc) is 2.43. The van der Waals surface area contributed by atoms with Gasteiger partial charge in [0.25, 0.3) is 0 Å². The summed E-state index contributed by atoms with van der Waals surface area (Å²) in [6, 6.07) is 13.9. The zero-order valence-corrected chi connectivity index (χ0v) is 11.4. The van der Waals surface area contributed by atoms with Crippen LogP contribution in [0.3, 0.4) is 0 Å². The Morgan fingerprint density at radius 1 is 1.21 bits per heavy atom. The molecule has 1 atom stereocenters. The van der Waals surface area contributed by atoms with E-state index in [4.69, 9.17) is 10.8 Å². The Morgan fingerprint density at radius 2 is 1.95 bits per heavy atom. The summed E-state index contributed by atoms with van der Waals surface area (Å²) in [4.78, 5) is 11.8. The number of fused-ring (bicyclic) bond motifs is 1. The van der Waals surface area contributed by atoms with E-state index in [9.17, 15) is 4.79 Å². The molecule has 0 saturated heterocycles. The summed E-state index contributed by atoms with van der Waals surface area (Å²) < 4.78 is 0. The molecule has 3 nitrogen and oxygen atoms in total. The summed E-state index contributed by atoms with van der Waals surface area (Å²) in [6.45, 7) is 0. The smallest absolute Gasteiger partial charge is 0.320 e. The fraction of sp³-hybridized carbons (Fsp3) is 0.267. The number of rotatable bonds is 6. The molecule has 2 aromatic carbocycles. The van der Waals surface area contributed by atoms with Gasteiger partial charge in [0, 0.05) is 4.90 Å². The van der Waals surface area contributed by atoms with Crippen molar-refractivity contribution >= 4 is 28.5 Å². The monoisotopic (exact) mass is 275 g/mol. The lowest BCUT2D eigenvalue weighted by molar-refractivity contribution is -0.138. The van der Waals surface area contributed by atoms with Crippen molar-refractivity contribution < 1.29 is 9.90 Å². The molecule has 0 heterocycles. The largest absolute Gasteiger partial charge is 0.480 e. The molecule has 0 aliphatic carbocycles. The van der Waals surface area contributed by atoms with Gasteiger partial charge < -0.3 is 10.8 Å². The van der Waals surface area contributed by atoms with Gasteiger partial charge in [0.15, 0.2) is 0 Å². The molecule has 19 heavy (non-hydrogen) atoms. The molecule has 0 saturated carbocycles. The summed E-state index contributed by atoms with van der Waals surface area (Å²) in [7, 11) is 0. The molecule has 0 amide bonds. The highest BCUT2D eigenvalue weighted by molar-refractivity contribution is 7.99. The van der Waals surface area contributed by atoms with E-state index in [1.165, 1.54) is 15.7 Å². The maximum atomic E-state index is 10.6. The van der Waals surface area contributed by atoms with Crippen molar-refractivity contribution in [3.05, 3.63) is 42.5 Å². The molecule has 1 unspecified atom stereocenters. The zero-order chi connectivity index (χ0) is 13.7. The van der Waals surface area contributed by atoms with Crippen molar-refractivity contribution in [3.8, 4) is 0 Å². The van der Waals surface area contributed by atoms with Crippen LogP contribution in [0.15, 0.2) is 47.4 Å². The highest BCUT2D eigenvalue weighted by Crippen LogP contribution is 2.24. The quantitative estimate of drug-likeness (QED) is 0.628. The van der Waals surface area contributed by atoms with Crippen molar-refractivity contribution in [2.45, 2.75) is 23.8 Å². The van der Waals surface area contributed by atoms with Crippen LogP contribution in [0.2, 0.25) is 0 Å². The van der Waals surface area contributed by atoms with E-state index >= 15 is 0 Å². The summed E-state index contributed by atoms with van der Waals surface area (Å²) in [6.07, 6.45) is 1.33. The first kappa shape index (κ1) is 13.9. The molecule has 0 aromatic heterocycles. The van der Waals surface area contributed by atoms with Crippen LogP contribution in [0.4, 0.5) is 0 Å². The van der Waals surface area contributed by atoms with Gasteiger partial charge in [0.2, 0.25) is 0 Å². The minimum Gasteiger partial charge on any atom is -0.480 e. The lowest BCUT2D eigenvalue weighted by Gasteiger charge is -2.06. The lowest BCUT2D eigenvalue weighted by Crippen LogP contribution is -2.29. The fourth-order valence-corrected chi connectivity index (χ4v) is 2.80. The van der Waals surface area contributed by atoms with Gasteiger partial charge in [0.1, 0.15) is 6.04 Å². The van der Waals surface area contributed by atoms with Gasteiger partial charge in [-0.05, 0) is 41.5 Å². The number of aliphatic carboxylic acids is 1. The Labute approximate surface area is 116 Å². The van der Waals surface area contributed by atoms with Crippen LogP contribution in [-0.4, -0.2) is 22.9 Å². The van der Waals surface area contributed by atoms with Crippen LogP contribution >= 0.6 is 11.8 Å². The molecule has 0 radical (unpaired) electrons. The Kier molecular flexibility index (Phi) is 4.82. The number of hydrogen-bond donors (Lipinski definition) is 2. The number of carboxylic acids is 1. The molecule has 0 bridgehead atoms. The van der Waals surface area contributed by atoms with Crippen LogP contribution in [0.25, 0.3) is 10.8 Å². The summed E-state index contributed by atoms with van der Waals surface area (Å²) >= 11 is 1.74. The third kappa shape index (κ3) is 3.98. The maximum absolute atomic E-state index is 10.6. The number of carboxylic acid groups (broad SMARTS) is 1. The van der Waals surface area contributed by atoms with E-state index in [1.807, 2.05) is 12.1 Å². The minimum absolute atomic E-state index is 0.524. The van der Waals surface area contributed by atoms with Crippen LogP contribution in [0.5, 0.6) is 0 Å². The second kappa shape index (κ2) is 6.59. The molecule has 3 N–H and O–H groups in total. The van der Waals surface area contributed by atoms with Crippen LogP contribution < -0.4 is 5.73 Å². The Morgan fingerprint density at radius 3 is 2.68 bits per heavy atom. The predicted molar refractivity (Wildman–Crippen MR) is 79.5 cm³/mol. The molecule has 0 aliphatic rings. The van der Waals surface area contributed by atoms with Gasteiger partial charge in [-0.1, -0.05) is 30.3 Å². The molecular weight excluding hydrogens is 258 g/mol. The average molecular weight is 275 g/mol. The molecule has 2 rings (SSSR count). The van der Waals surface area contributed by atoms with E-state index in [1.54, 1.807) is 11.8 Å². The molecule has 2 aromatic rings. The summed E-state index contributed by atoms with van der Waals surface area (Å²) in [5, 5.41) is 11.2. The van der Waals surface area contributed by atoms with Crippen LogP contribution in [0, 0.1) is 0 Å². The third-order valence-corrected chi connectivity index (χ3v) is 4.05. The lowest BCUT2D eigenvalue weighted by atomic mass is 10.1. The fourth-order valence-electron chi connectivity index (χ4n) is 1.87. The standard InChI is InChI=1S/C15H17NO2S/c16-14(15(17)18)6-3-9-19-13-8-7-11-4-1-2-5-12(11)10-13/h1-2,4-5,7-8,10,14H,3,6,9,16H2,(H,17,18). The highest BCUT2D eigenvalue weighted by atomic mass is 32.2. The second-order valence-electron chi connectivity index (χ2n) is 4.44. The van der Waals surface area contributed by atoms with Gasteiger partial charge in [-0.2, -0.15) is 0 Å². The zero-order valence-electron chi connectivity index (χ0n) is 10.6. The predicted octanol–water partition coefficient (Wildman–Crippen LogP) is 3.12. The van der Waals surface area contributed by atoms with Gasteiger partial charge in [-0.15, -0.1) is 11.8 Å².